The summed E-state index contributed by atoms with van der Waals surface area (Å²) in [6.07, 6.45) is 0.201. The largest absolute Gasteiger partial charge is 0.469 e. The zero-order valence-electron chi connectivity index (χ0n) is 11.0. The molecule has 0 heterocycles. The van der Waals surface area contributed by atoms with Gasteiger partial charge in [0.2, 0.25) is 5.78 Å². The van der Waals surface area contributed by atoms with Crippen LogP contribution in [-0.4, -0.2) is 24.1 Å². The van der Waals surface area contributed by atoms with Crippen molar-refractivity contribution >= 4 is 23.5 Å². The Balaban J connectivity index is 2.40. The van der Waals surface area contributed by atoms with Gasteiger partial charge in [-0.3, -0.25) is 9.59 Å². The van der Waals surface area contributed by atoms with Gasteiger partial charge < -0.3 is 4.74 Å². The Labute approximate surface area is 117 Å². The second kappa shape index (κ2) is 8.39. The highest BCUT2D eigenvalue weighted by Crippen LogP contribution is 2.21. The van der Waals surface area contributed by atoms with Gasteiger partial charge in [-0.2, -0.15) is 0 Å². The lowest BCUT2D eigenvalue weighted by Gasteiger charge is -2.02. The van der Waals surface area contributed by atoms with Gasteiger partial charge in [0.1, 0.15) is 0 Å². The first-order valence-electron chi connectivity index (χ1n) is 5.94. The van der Waals surface area contributed by atoms with Crippen LogP contribution in [-0.2, 0) is 14.3 Å². The SMILES string of the molecule is COC(=O)CCC(=O)C#CC(C)Sc1ccccc1. The molecule has 0 saturated carbocycles. The van der Waals surface area contributed by atoms with Gasteiger partial charge in [0.15, 0.2) is 0 Å². The molecule has 4 heteroatoms. The lowest BCUT2D eigenvalue weighted by molar-refractivity contribution is -0.141. The number of Topliss-reactive ketones (excluding diaryl/α,β-unsaturated/α-hetero) is 1. The molecule has 0 N–H and O–H groups in total. The van der Waals surface area contributed by atoms with Crippen LogP contribution in [0.25, 0.3) is 0 Å². The minimum atomic E-state index is -0.387. The maximum atomic E-state index is 11.4. The van der Waals surface area contributed by atoms with E-state index >= 15 is 0 Å². The fourth-order valence-electron chi connectivity index (χ4n) is 1.29. The second-order valence-corrected chi connectivity index (χ2v) is 5.26. The first-order chi connectivity index (χ1) is 9.11. The average Bonchev–Trinajstić information content (AvgIpc) is 2.43. The van der Waals surface area contributed by atoms with E-state index in [4.69, 9.17) is 0 Å². The van der Waals surface area contributed by atoms with Crippen LogP contribution in [0.15, 0.2) is 35.2 Å². The third-order valence-corrected chi connectivity index (χ3v) is 3.27. The van der Waals surface area contributed by atoms with Gasteiger partial charge in [-0.05, 0) is 25.0 Å². The van der Waals surface area contributed by atoms with Crippen LogP contribution < -0.4 is 0 Å². The van der Waals surface area contributed by atoms with E-state index in [9.17, 15) is 9.59 Å². The fourth-order valence-corrected chi connectivity index (χ4v) is 2.14. The summed E-state index contributed by atoms with van der Waals surface area (Å²) in [4.78, 5) is 23.4. The molecule has 0 amide bonds. The molecule has 100 valence electrons. The highest BCUT2D eigenvalue weighted by atomic mass is 32.2. The van der Waals surface area contributed by atoms with E-state index in [1.165, 1.54) is 7.11 Å². The molecule has 3 nitrogen and oxygen atoms in total. The Morgan fingerprint density at radius 2 is 1.95 bits per heavy atom. The van der Waals surface area contributed by atoms with Gasteiger partial charge in [0, 0.05) is 11.3 Å². The van der Waals surface area contributed by atoms with Crippen LogP contribution in [0, 0.1) is 11.8 Å². The van der Waals surface area contributed by atoms with E-state index in [1.807, 2.05) is 37.3 Å². The summed E-state index contributed by atoms with van der Waals surface area (Å²) in [6, 6.07) is 9.88. The van der Waals surface area contributed by atoms with Crippen LogP contribution in [0.3, 0.4) is 0 Å². The summed E-state index contributed by atoms with van der Waals surface area (Å²) in [5.74, 6) is 4.83. The van der Waals surface area contributed by atoms with Crippen LogP contribution in [0.1, 0.15) is 19.8 Å². The maximum Gasteiger partial charge on any atom is 0.305 e. The topological polar surface area (TPSA) is 43.4 Å². The standard InChI is InChI=1S/C15H16O3S/c1-12(19-14-6-4-3-5-7-14)8-9-13(16)10-11-15(17)18-2/h3-7,12H,10-11H2,1-2H3. The number of hydrogen-bond acceptors (Lipinski definition) is 4. The van der Waals surface area contributed by atoms with Crippen LogP contribution in [0.4, 0.5) is 0 Å². The average molecular weight is 276 g/mol. The summed E-state index contributed by atoms with van der Waals surface area (Å²) in [5.41, 5.74) is 0. The van der Waals surface area contributed by atoms with E-state index in [0.717, 1.165) is 4.90 Å². The summed E-state index contributed by atoms with van der Waals surface area (Å²) in [7, 11) is 1.30. The molecule has 1 atom stereocenters. The summed E-state index contributed by atoms with van der Waals surface area (Å²) >= 11 is 1.60. The van der Waals surface area contributed by atoms with Crippen molar-refractivity contribution < 1.29 is 14.3 Å². The highest BCUT2D eigenvalue weighted by molar-refractivity contribution is 8.00. The minimum absolute atomic E-state index is 0.0319. The third-order valence-electron chi connectivity index (χ3n) is 2.25. The van der Waals surface area contributed by atoms with E-state index in [-0.39, 0.29) is 29.8 Å². The predicted octanol–water partition coefficient (Wildman–Crippen LogP) is 2.69. The Hall–Kier alpha value is -1.73. The van der Waals surface area contributed by atoms with Crippen molar-refractivity contribution in [3.63, 3.8) is 0 Å². The predicted molar refractivity (Wildman–Crippen MR) is 75.8 cm³/mol. The number of rotatable bonds is 5. The van der Waals surface area contributed by atoms with Gasteiger partial charge in [-0.15, -0.1) is 11.8 Å². The maximum absolute atomic E-state index is 11.4. The molecule has 0 aromatic heterocycles. The molecule has 1 aromatic carbocycles. The monoisotopic (exact) mass is 276 g/mol. The lowest BCUT2D eigenvalue weighted by atomic mass is 10.2. The fraction of sp³-hybridized carbons (Fsp3) is 0.333. The van der Waals surface area contributed by atoms with E-state index in [1.54, 1.807) is 11.8 Å². The van der Waals surface area contributed by atoms with Crippen LogP contribution in [0.5, 0.6) is 0 Å². The number of carbonyl (C=O) groups excluding carboxylic acids is 2. The number of carbonyl (C=O) groups is 2. The third kappa shape index (κ3) is 6.68. The molecule has 0 aliphatic rings. The van der Waals surface area contributed by atoms with Crippen molar-refractivity contribution in [1.82, 2.24) is 0 Å². The first-order valence-corrected chi connectivity index (χ1v) is 6.82. The van der Waals surface area contributed by atoms with Gasteiger partial charge in [-0.1, -0.05) is 24.1 Å². The number of methoxy groups -OCH3 is 1. The molecule has 0 aliphatic heterocycles. The number of ketones is 1. The molecule has 0 spiro atoms. The van der Waals surface area contributed by atoms with Gasteiger partial charge in [-0.25, -0.2) is 0 Å². The Kier molecular flexibility index (Phi) is 6.76. The molecule has 0 fully saturated rings. The normalized spacial score (nSPS) is 11.1. The van der Waals surface area contributed by atoms with Crippen molar-refractivity contribution in [3.8, 4) is 11.8 Å². The lowest BCUT2D eigenvalue weighted by Crippen LogP contribution is -2.04. The van der Waals surface area contributed by atoms with Crippen molar-refractivity contribution in [2.24, 2.45) is 0 Å². The molecule has 19 heavy (non-hydrogen) atoms. The van der Waals surface area contributed by atoms with Gasteiger partial charge >= 0.3 is 5.97 Å². The second-order valence-electron chi connectivity index (χ2n) is 3.84. The van der Waals surface area contributed by atoms with Crippen LogP contribution in [0.2, 0.25) is 0 Å². The minimum Gasteiger partial charge on any atom is -0.469 e. The molecule has 0 bridgehead atoms. The summed E-state index contributed by atoms with van der Waals surface area (Å²) in [6.45, 7) is 1.94. The number of ether oxygens (including phenoxy) is 1. The van der Waals surface area contributed by atoms with Crippen molar-refractivity contribution in [3.05, 3.63) is 30.3 Å². The molecule has 0 aliphatic carbocycles. The first kappa shape index (κ1) is 15.3. The Morgan fingerprint density at radius 1 is 1.26 bits per heavy atom. The van der Waals surface area contributed by atoms with Crippen LogP contribution >= 0.6 is 11.8 Å². The summed E-state index contributed by atoms with van der Waals surface area (Å²) in [5, 5.41) is 0.0319. The smallest absolute Gasteiger partial charge is 0.305 e. The van der Waals surface area contributed by atoms with Crippen molar-refractivity contribution in [1.29, 1.82) is 0 Å². The number of thioether (sulfide) groups is 1. The molecule has 1 rings (SSSR count). The van der Waals surface area contributed by atoms with Crippen molar-refractivity contribution in [2.75, 3.05) is 7.11 Å². The molecule has 0 radical (unpaired) electrons. The molecular formula is C15H16O3S. The number of hydrogen-bond donors (Lipinski definition) is 0. The van der Waals surface area contributed by atoms with Gasteiger partial charge in [0.25, 0.3) is 0 Å². The van der Waals surface area contributed by atoms with Crippen molar-refractivity contribution in [2.45, 2.75) is 29.9 Å². The van der Waals surface area contributed by atoms with Gasteiger partial charge in [0.05, 0.1) is 18.8 Å². The van der Waals surface area contributed by atoms with E-state index < -0.39 is 0 Å². The molecular weight excluding hydrogens is 260 g/mol. The summed E-state index contributed by atoms with van der Waals surface area (Å²) < 4.78 is 4.46. The molecule has 1 unspecified atom stereocenters. The zero-order chi connectivity index (χ0) is 14.1. The highest BCUT2D eigenvalue weighted by Gasteiger charge is 2.05. The quantitative estimate of drug-likeness (QED) is 0.359. The Morgan fingerprint density at radius 3 is 2.58 bits per heavy atom. The number of benzene rings is 1. The zero-order valence-corrected chi connectivity index (χ0v) is 11.8. The molecule has 0 saturated heterocycles. The molecule has 1 aromatic rings. The van der Waals surface area contributed by atoms with E-state index in [2.05, 4.69) is 16.6 Å². The number of esters is 1. The Bertz CT molecular complexity index is 485. The van der Waals surface area contributed by atoms with E-state index in [0.29, 0.717) is 0 Å².